The van der Waals surface area contributed by atoms with E-state index in [1.54, 1.807) is 18.6 Å². The van der Waals surface area contributed by atoms with Crippen LogP contribution in [0.1, 0.15) is 6.92 Å². The Morgan fingerprint density at radius 1 is 1.47 bits per heavy atom. The lowest BCUT2D eigenvalue weighted by molar-refractivity contribution is 0.616. The van der Waals surface area contributed by atoms with E-state index in [-0.39, 0.29) is 11.9 Å². The largest absolute Gasteiger partial charge is 0.352 e. The van der Waals surface area contributed by atoms with Crippen molar-refractivity contribution in [2.75, 3.05) is 5.32 Å². The fraction of sp³-hybridized carbons (Fsp3) is 0.231. The molecule has 0 aliphatic carbocycles. The van der Waals surface area contributed by atoms with Gasteiger partial charge in [-0.1, -0.05) is 0 Å². The lowest BCUT2D eigenvalue weighted by atomic mass is 10.3. The van der Waals surface area contributed by atoms with Crippen molar-refractivity contribution >= 4 is 17.0 Å². The molecule has 1 atom stereocenters. The van der Waals surface area contributed by atoms with Crippen LogP contribution < -0.4 is 5.32 Å². The maximum Gasteiger partial charge on any atom is 0.201 e. The van der Waals surface area contributed by atoms with E-state index in [0.29, 0.717) is 11.5 Å². The normalized spacial score (nSPS) is 12.7. The molecule has 0 radical (unpaired) electrons. The summed E-state index contributed by atoms with van der Waals surface area (Å²) >= 11 is 0. The van der Waals surface area contributed by atoms with E-state index in [2.05, 4.69) is 20.3 Å². The Morgan fingerprint density at radius 3 is 3.16 bits per heavy atom. The van der Waals surface area contributed by atoms with Crippen LogP contribution in [0.2, 0.25) is 0 Å². The van der Waals surface area contributed by atoms with Gasteiger partial charge in [-0.15, -0.1) is 0 Å². The maximum atomic E-state index is 13.1. The molecule has 2 N–H and O–H groups in total. The summed E-state index contributed by atoms with van der Waals surface area (Å²) in [6, 6.07) is 4.68. The third kappa shape index (κ3) is 2.57. The van der Waals surface area contributed by atoms with E-state index in [9.17, 15) is 4.39 Å². The number of benzene rings is 1. The molecule has 98 valence electrons. The molecule has 0 aliphatic rings. The molecular formula is C13H14FN5. The first kappa shape index (κ1) is 11.7. The van der Waals surface area contributed by atoms with Gasteiger partial charge in [0.25, 0.3) is 0 Å². The van der Waals surface area contributed by atoms with Crippen LogP contribution in [0, 0.1) is 5.82 Å². The Labute approximate surface area is 109 Å². The third-order valence-electron chi connectivity index (χ3n) is 2.87. The maximum absolute atomic E-state index is 13.1. The Balaban J connectivity index is 1.74. The van der Waals surface area contributed by atoms with Crippen LogP contribution in [0.25, 0.3) is 11.0 Å². The first-order valence-electron chi connectivity index (χ1n) is 6.08. The lowest BCUT2D eigenvalue weighted by Gasteiger charge is -2.13. The standard InChI is InChI=1S/C13H14FN5/c1-9(7-19-5-4-15-8-19)16-13-17-11-3-2-10(14)6-12(11)18-13/h2-6,8-9H,7H2,1H3,(H2,16,17,18). The van der Waals surface area contributed by atoms with Crippen LogP contribution in [0.5, 0.6) is 0 Å². The zero-order chi connectivity index (χ0) is 13.2. The summed E-state index contributed by atoms with van der Waals surface area (Å²) < 4.78 is 15.1. The second kappa shape index (κ2) is 4.72. The summed E-state index contributed by atoms with van der Waals surface area (Å²) in [6.45, 7) is 2.83. The Morgan fingerprint density at radius 2 is 2.37 bits per heavy atom. The molecule has 6 heteroatoms. The van der Waals surface area contributed by atoms with Gasteiger partial charge in [0.2, 0.25) is 5.95 Å². The number of aromatic amines is 1. The number of imidazole rings is 2. The van der Waals surface area contributed by atoms with Crippen molar-refractivity contribution in [1.29, 1.82) is 0 Å². The van der Waals surface area contributed by atoms with Gasteiger partial charge < -0.3 is 14.9 Å². The fourth-order valence-corrected chi connectivity index (χ4v) is 2.04. The Hall–Kier alpha value is -2.37. The van der Waals surface area contributed by atoms with E-state index < -0.39 is 0 Å². The smallest absolute Gasteiger partial charge is 0.201 e. The topological polar surface area (TPSA) is 58.5 Å². The van der Waals surface area contributed by atoms with Crippen molar-refractivity contribution in [1.82, 2.24) is 19.5 Å². The molecule has 0 spiro atoms. The Kier molecular flexibility index (Phi) is 2.91. The number of nitrogens with zero attached hydrogens (tertiary/aromatic N) is 3. The fourth-order valence-electron chi connectivity index (χ4n) is 2.04. The highest BCUT2D eigenvalue weighted by Gasteiger charge is 2.07. The van der Waals surface area contributed by atoms with Crippen molar-refractivity contribution < 1.29 is 4.39 Å². The van der Waals surface area contributed by atoms with Gasteiger partial charge in [0.1, 0.15) is 5.82 Å². The zero-order valence-corrected chi connectivity index (χ0v) is 10.5. The number of aromatic nitrogens is 4. The van der Waals surface area contributed by atoms with E-state index in [1.807, 2.05) is 17.7 Å². The summed E-state index contributed by atoms with van der Waals surface area (Å²) in [5.74, 6) is 0.377. The van der Waals surface area contributed by atoms with E-state index in [0.717, 1.165) is 12.1 Å². The Bertz CT molecular complexity index is 673. The van der Waals surface area contributed by atoms with E-state index in [4.69, 9.17) is 0 Å². The molecule has 0 amide bonds. The first-order valence-corrected chi connectivity index (χ1v) is 6.08. The highest BCUT2D eigenvalue weighted by Crippen LogP contribution is 2.16. The molecule has 0 saturated carbocycles. The van der Waals surface area contributed by atoms with Crippen molar-refractivity contribution in [2.45, 2.75) is 19.5 Å². The van der Waals surface area contributed by atoms with Gasteiger partial charge in [0.15, 0.2) is 0 Å². The summed E-state index contributed by atoms with van der Waals surface area (Å²) in [4.78, 5) is 11.4. The molecule has 19 heavy (non-hydrogen) atoms. The number of nitrogens with one attached hydrogen (secondary N) is 2. The van der Waals surface area contributed by atoms with Gasteiger partial charge in [-0.05, 0) is 25.1 Å². The molecule has 3 rings (SSSR count). The summed E-state index contributed by atoms with van der Waals surface area (Å²) in [5.41, 5.74) is 1.44. The van der Waals surface area contributed by atoms with Crippen molar-refractivity contribution in [3.05, 3.63) is 42.7 Å². The molecule has 5 nitrogen and oxygen atoms in total. The van der Waals surface area contributed by atoms with Gasteiger partial charge in [0.05, 0.1) is 17.4 Å². The van der Waals surface area contributed by atoms with E-state index >= 15 is 0 Å². The van der Waals surface area contributed by atoms with Crippen LogP contribution in [-0.4, -0.2) is 25.6 Å². The number of rotatable bonds is 4. The van der Waals surface area contributed by atoms with Gasteiger partial charge in [0, 0.05) is 25.0 Å². The van der Waals surface area contributed by atoms with Crippen LogP contribution in [0.3, 0.4) is 0 Å². The SMILES string of the molecule is CC(Cn1ccnc1)Nc1nc2ccc(F)cc2[nH]1. The highest BCUT2D eigenvalue weighted by molar-refractivity contribution is 5.77. The van der Waals surface area contributed by atoms with Gasteiger partial charge in [-0.3, -0.25) is 0 Å². The van der Waals surface area contributed by atoms with Crippen LogP contribution >= 0.6 is 0 Å². The van der Waals surface area contributed by atoms with Crippen molar-refractivity contribution in [3.63, 3.8) is 0 Å². The predicted molar refractivity (Wildman–Crippen MR) is 71.4 cm³/mol. The highest BCUT2D eigenvalue weighted by atomic mass is 19.1. The van der Waals surface area contributed by atoms with Crippen LogP contribution in [0.4, 0.5) is 10.3 Å². The zero-order valence-electron chi connectivity index (χ0n) is 10.5. The molecule has 0 saturated heterocycles. The molecule has 0 fully saturated rings. The number of anilines is 1. The molecule has 1 unspecified atom stereocenters. The number of fused-ring (bicyclic) bond motifs is 1. The predicted octanol–water partition coefficient (Wildman–Crippen LogP) is 2.40. The quantitative estimate of drug-likeness (QED) is 0.756. The third-order valence-corrected chi connectivity index (χ3v) is 2.87. The van der Waals surface area contributed by atoms with Gasteiger partial charge >= 0.3 is 0 Å². The minimum absolute atomic E-state index is 0.180. The second-order valence-electron chi connectivity index (χ2n) is 4.55. The average Bonchev–Trinajstić information content (AvgIpc) is 2.97. The molecule has 0 aliphatic heterocycles. The minimum atomic E-state index is -0.269. The number of H-pyrrole nitrogens is 1. The van der Waals surface area contributed by atoms with Gasteiger partial charge in [-0.2, -0.15) is 0 Å². The monoisotopic (exact) mass is 259 g/mol. The summed E-state index contributed by atoms with van der Waals surface area (Å²) in [5, 5.41) is 3.25. The summed E-state index contributed by atoms with van der Waals surface area (Å²) in [7, 11) is 0. The van der Waals surface area contributed by atoms with Crippen molar-refractivity contribution in [2.24, 2.45) is 0 Å². The first-order chi connectivity index (χ1) is 9.20. The van der Waals surface area contributed by atoms with Crippen LogP contribution in [0.15, 0.2) is 36.9 Å². The molecule has 1 aromatic carbocycles. The molecule has 0 bridgehead atoms. The van der Waals surface area contributed by atoms with Gasteiger partial charge in [-0.25, -0.2) is 14.4 Å². The minimum Gasteiger partial charge on any atom is -0.352 e. The number of hydrogen-bond acceptors (Lipinski definition) is 3. The summed E-state index contributed by atoms with van der Waals surface area (Å²) in [6.07, 6.45) is 5.43. The molecular weight excluding hydrogens is 245 g/mol. The molecule has 2 heterocycles. The average molecular weight is 259 g/mol. The number of halogens is 1. The lowest BCUT2D eigenvalue weighted by Crippen LogP contribution is -2.21. The molecule has 3 aromatic rings. The van der Waals surface area contributed by atoms with E-state index in [1.165, 1.54) is 12.1 Å². The second-order valence-corrected chi connectivity index (χ2v) is 4.55. The van der Waals surface area contributed by atoms with Crippen LogP contribution in [-0.2, 0) is 6.54 Å². The number of hydrogen-bond donors (Lipinski definition) is 2. The molecule has 2 aromatic heterocycles. The van der Waals surface area contributed by atoms with Crippen molar-refractivity contribution in [3.8, 4) is 0 Å².